The first-order chi connectivity index (χ1) is 12.4. The van der Waals surface area contributed by atoms with Gasteiger partial charge in [-0.3, -0.25) is 0 Å². The minimum atomic E-state index is -3.48. The van der Waals surface area contributed by atoms with Crippen LogP contribution in [0.15, 0.2) is 41.4 Å². The highest BCUT2D eigenvalue weighted by atomic mass is 32.2. The molecule has 1 saturated heterocycles. The van der Waals surface area contributed by atoms with E-state index in [1.54, 1.807) is 12.1 Å². The second kappa shape index (κ2) is 6.64. The monoisotopic (exact) mass is 372 g/mol. The second-order valence-electron chi connectivity index (χ2n) is 7.19. The van der Waals surface area contributed by atoms with E-state index in [1.807, 2.05) is 25.3 Å². The van der Waals surface area contributed by atoms with Crippen LogP contribution in [-0.2, 0) is 23.1 Å². The number of hydrogen-bond donors (Lipinski definition) is 0. The lowest BCUT2D eigenvalue weighted by molar-refractivity contribution is 0.312. The van der Waals surface area contributed by atoms with Crippen LogP contribution in [0, 0.1) is 6.92 Å². The number of sulfonamides is 1. The Morgan fingerprint density at radius 3 is 2.31 bits per heavy atom. The van der Waals surface area contributed by atoms with Crippen LogP contribution in [-0.4, -0.2) is 55.8 Å². The molecule has 138 valence electrons. The Bertz CT molecular complexity index is 904. The minimum Gasteiger partial charge on any atom is -0.354 e. The first kappa shape index (κ1) is 17.5. The molecule has 2 aliphatic heterocycles. The average molecular weight is 372 g/mol. The molecule has 1 fully saturated rings. The summed E-state index contributed by atoms with van der Waals surface area (Å²) in [6.45, 7) is 6.70. The van der Waals surface area contributed by atoms with Gasteiger partial charge in [-0.2, -0.15) is 4.31 Å². The van der Waals surface area contributed by atoms with Gasteiger partial charge in [0.15, 0.2) is 0 Å². The van der Waals surface area contributed by atoms with E-state index in [9.17, 15) is 8.42 Å². The zero-order valence-electron chi connectivity index (χ0n) is 15.2. The molecular weight excluding hydrogens is 348 g/mol. The number of rotatable bonds is 3. The van der Waals surface area contributed by atoms with E-state index in [1.165, 1.54) is 4.31 Å². The molecular formula is C19H24N4O2S. The smallest absolute Gasteiger partial charge is 0.243 e. The molecule has 0 spiro atoms. The molecule has 26 heavy (non-hydrogen) atoms. The van der Waals surface area contributed by atoms with E-state index in [0.29, 0.717) is 18.0 Å². The highest BCUT2D eigenvalue weighted by Crippen LogP contribution is 2.30. The van der Waals surface area contributed by atoms with E-state index in [4.69, 9.17) is 0 Å². The Morgan fingerprint density at radius 1 is 0.962 bits per heavy atom. The molecule has 1 aromatic carbocycles. The van der Waals surface area contributed by atoms with Crippen molar-refractivity contribution in [2.75, 3.05) is 38.1 Å². The van der Waals surface area contributed by atoms with Crippen molar-refractivity contribution in [3.05, 3.63) is 53.2 Å². The SMILES string of the molecule is Cc1ccc(S(=O)(=O)N2Cc3cnc(N4CCN(C)CC4)cc3C2)cc1. The van der Waals surface area contributed by atoms with Crippen molar-refractivity contribution in [2.45, 2.75) is 24.9 Å². The number of pyridine rings is 1. The summed E-state index contributed by atoms with van der Waals surface area (Å²) in [6.07, 6.45) is 1.84. The Hall–Kier alpha value is -1.96. The Balaban J connectivity index is 1.54. The van der Waals surface area contributed by atoms with Gasteiger partial charge in [0, 0.05) is 45.5 Å². The van der Waals surface area contributed by atoms with Crippen molar-refractivity contribution in [3.63, 3.8) is 0 Å². The molecule has 1 aromatic heterocycles. The van der Waals surface area contributed by atoms with Gasteiger partial charge in [-0.05, 0) is 43.3 Å². The molecule has 6 nitrogen and oxygen atoms in total. The van der Waals surface area contributed by atoms with Crippen molar-refractivity contribution in [3.8, 4) is 0 Å². The second-order valence-corrected chi connectivity index (χ2v) is 9.13. The van der Waals surface area contributed by atoms with Gasteiger partial charge in [0.25, 0.3) is 0 Å². The first-order valence-corrected chi connectivity index (χ1v) is 10.4. The number of nitrogens with zero attached hydrogens (tertiary/aromatic N) is 4. The molecule has 0 N–H and O–H groups in total. The molecule has 2 aliphatic rings. The third-order valence-corrected chi connectivity index (χ3v) is 7.05. The number of hydrogen-bond acceptors (Lipinski definition) is 5. The number of likely N-dealkylation sites (N-methyl/N-ethyl adjacent to an activating group) is 1. The molecule has 0 amide bonds. The van der Waals surface area contributed by atoms with Crippen molar-refractivity contribution < 1.29 is 8.42 Å². The summed E-state index contributed by atoms with van der Waals surface area (Å²) in [6, 6.07) is 9.10. The molecule has 0 atom stereocenters. The number of piperazine rings is 1. The quantitative estimate of drug-likeness (QED) is 0.823. The van der Waals surface area contributed by atoms with Gasteiger partial charge in [0.2, 0.25) is 10.0 Å². The summed E-state index contributed by atoms with van der Waals surface area (Å²) in [5, 5.41) is 0. The predicted molar refractivity (Wildman–Crippen MR) is 102 cm³/mol. The Labute approximate surface area is 155 Å². The number of aryl methyl sites for hydroxylation is 1. The molecule has 0 radical (unpaired) electrons. The van der Waals surface area contributed by atoms with Gasteiger partial charge >= 0.3 is 0 Å². The van der Waals surface area contributed by atoms with E-state index < -0.39 is 10.0 Å². The van der Waals surface area contributed by atoms with Crippen molar-refractivity contribution in [1.29, 1.82) is 0 Å². The summed E-state index contributed by atoms with van der Waals surface area (Å²) in [5.41, 5.74) is 3.11. The third-order valence-electron chi connectivity index (χ3n) is 5.25. The molecule has 0 bridgehead atoms. The van der Waals surface area contributed by atoms with Crippen molar-refractivity contribution in [1.82, 2.24) is 14.2 Å². The highest BCUT2D eigenvalue weighted by molar-refractivity contribution is 7.89. The summed E-state index contributed by atoms with van der Waals surface area (Å²) in [5.74, 6) is 0.950. The first-order valence-electron chi connectivity index (χ1n) is 8.91. The standard InChI is InChI=1S/C19H24N4O2S/c1-15-3-5-18(6-4-15)26(24,25)23-13-16-11-19(20-12-17(16)14-23)22-9-7-21(2)8-10-22/h3-6,11-12H,7-10,13-14H2,1-2H3. The van der Waals surface area contributed by atoms with Crippen molar-refractivity contribution >= 4 is 15.8 Å². The highest BCUT2D eigenvalue weighted by Gasteiger charge is 2.31. The fraction of sp³-hybridized carbons (Fsp3) is 0.421. The summed E-state index contributed by atoms with van der Waals surface area (Å²) < 4.78 is 27.4. The maximum atomic E-state index is 12.9. The normalized spacial score (nSPS) is 18.9. The average Bonchev–Trinajstić information content (AvgIpc) is 3.07. The summed E-state index contributed by atoms with van der Waals surface area (Å²) in [7, 11) is -1.36. The lowest BCUT2D eigenvalue weighted by atomic mass is 10.2. The maximum Gasteiger partial charge on any atom is 0.243 e. The van der Waals surface area contributed by atoms with Crippen LogP contribution in [0.3, 0.4) is 0 Å². The van der Waals surface area contributed by atoms with Gasteiger partial charge in [-0.15, -0.1) is 0 Å². The van der Waals surface area contributed by atoms with E-state index in [-0.39, 0.29) is 0 Å². The van der Waals surface area contributed by atoms with Crippen LogP contribution < -0.4 is 4.90 Å². The molecule has 2 aromatic rings. The zero-order chi connectivity index (χ0) is 18.3. The third kappa shape index (κ3) is 3.22. The zero-order valence-corrected chi connectivity index (χ0v) is 16.0. The molecule has 7 heteroatoms. The number of anilines is 1. The van der Waals surface area contributed by atoms with Gasteiger partial charge < -0.3 is 9.80 Å². The molecule has 3 heterocycles. The van der Waals surface area contributed by atoms with Crippen LogP contribution in [0.5, 0.6) is 0 Å². The van der Waals surface area contributed by atoms with Gasteiger partial charge in [-0.25, -0.2) is 13.4 Å². The largest absolute Gasteiger partial charge is 0.354 e. The number of fused-ring (bicyclic) bond motifs is 1. The van der Waals surface area contributed by atoms with Gasteiger partial charge in [-0.1, -0.05) is 17.7 Å². The topological polar surface area (TPSA) is 56.8 Å². The summed E-state index contributed by atoms with van der Waals surface area (Å²) >= 11 is 0. The fourth-order valence-corrected chi connectivity index (χ4v) is 4.87. The van der Waals surface area contributed by atoms with Gasteiger partial charge in [0.05, 0.1) is 4.90 Å². The maximum absolute atomic E-state index is 12.9. The molecule has 0 unspecified atom stereocenters. The van der Waals surface area contributed by atoms with E-state index in [2.05, 4.69) is 27.9 Å². The van der Waals surface area contributed by atoms with Crippen molar-refractivity contribution in [2.24, 2.45) is 0 Å². The van der Waals surface area contributed by atoms with Crippen LogP contribution in [0.1, 0.15) is 16.7 Å². The minimum absolute atomic E-state index is 0.350. The fourth-order valence-electron chi connectivity index (χ4n) is 3.48. The molecule has 0 saturated carbocycles. The number of benzene rings is 1. The predicted octanol–water partition coefficient (Wildman–Crippen LogP) is 1.85. The van der Waals surface area contributed by atoms with Crippen LogP contribution in [0.25, 0.3) is 0 Å². The Kier molecular flexibility index (Phi) is 4.46. The summed E-state index contributed by atoms with van der Waals surface area (Å²) in [4.78, 5) is 9.52. The van der Waals surface area contributed by atoms with Crippen LogP contribution >= 0.6 is 0 Å². The van der Waals surface area contributed by atoms with Crippen LogP contribution in [0.4, 0.5) is 5.82 Å². The molecule has 4 rings (SSSR count). The Morgan fingerprint density at radius 2 is 1.62 bits per heavy atom. The lowest BCUT2D eigenvalue weighted by Crippen LogP contribution is -2.44. The van der Waals surface area contributed by atoms with E-state index in [0.717, 1.165) is 48.7 Å². The molecule has 0 aliphatic carbocycles. The van der Waals surface area contributed by atoms with Crippen LogP contribution in [0.2, 0.25) is 0 Å². The lowest BCUT2D eigenvalue weighted by Gasteiger charge is -2.33. The number of aromatic nitrogens is 1. The van der Waals surface area contributed by atoms with E-state index >= 15 is 0 Å². The van der Waals surface area contributed by atoms with Gasteiger partial charge in [0.1, 0.15) is 5.82 Å².